The Hall–Kier alpha value is -3.30. The lowest BCUT2D eigenvalue weighted by Gasteiger charge is -2.33. The molecule has 0 aromatic heterocycles. The maximum Gasteiger partial charge on any atom is 0.299 e. The average Bonchev–Trinajstić information content (AvgIpc) is 2.60. The summed E-state index contributed by atoms with van der Waals surface area (Å²) in [7, 11) is 0. The fourth-order valence-corrected chi connectivity index (χ4v) is 2.65. The van der Waals surface area contributed by atoms with E-state index in [1.165, 1.54) is 17.0 Å². The summed E-state index contributed by atoms with van der Waals surface area (Å²) in [6.45, 7) is 0. The van der Waals surface area contributed by atoms with Crippen LogP contribution in [0.3, 0.4) is 0 Å². The highest BCUT2D eigenvalue weighted by atomic mass is 16.6. The van der Waals surface area contributed by atoms with Crippen molar-refractivity contribution in [2.45, 2.75) is 6.17 Å². The van der Waals surface area contributed by atoms with E-state index in [1.54, 1.807) is 24.4 Å². The molecule has 122 valence electrons. The Morgan fingerprint density at radius 1 is 1.08 bits per heavy atom. The molecule has 24 heavy (non-hydrogen) atoms. The lowest BCUT2D eigenvalue weighted by Crippen LogP contribution is -2.35. The molecule has 0 amide bonds. The van der Waals surface area contributed by atoms with E-state index < -0.39 is 21.7 Å². The van der Waals surface area contributed by atoms with Crippen LogP contribution in [0, 0.1) is 20.2 Å². The van der Waals surface area contributed by atoms with Gasteiger partial charge in [0.25, 0.3) is 11.4 Å². The van der Waals surface area contributed by atoms with Gasteiger partial charge in [-0.05, 0) is 23.3 Å². The molecule has 0 saturated heterocycles. The van der Waals surface area contributed by atoms with Crippen molar-refractivity contribution < 1.29 is 15.1 Å². The second kappa shape index (κ2) is 6.07. The smallest absolute Gasteiger partial charge is 0.299 e. The molecule has 3 rings (SSSR count). The third-order valence-corrected chi connectivity index (χ3v) is 3.75. The Labute approximate surface area is 135 Å². The number of hydrogen-bond donors (Lipinski definition) is 2. The third-order valence-electron chi connectivity index (χ3n) is 3.75. The number of nitro groups is 2. The largest absolute Gasteiger partial charge is 0.320 e. The van der Waals surface area contributed by atoms with Gasteiger partial charge < -0.3 is 10.1 Å². The van der Waals surface area contributed by atoms with Crippen LogP contribution in [0.2, 0.25) is 0 Å². The predicted octanol–water partition coefficient (Wildman–Crippen LogP) is 2.97. The summed E-state index contributed by atoms with van der Waals surface area (Å²) >= 11 is 0. The molecule has 9 heteroatoms. The van der Waals surface area contributed by atoms with Gasteiger partial charge in [0, 0.05) is 12.3 Å². The first-order valence-corrected chi connectivity index (χ1v) is 6.91. The van der Waals surface area contributed by atoms with E-state index in [2.05, 4.69) is 5.48 Å². The molecule has 2 aromatic rings. The zero-order valence-electron chi connectivity index (χ0n) is 12.2. The number of benzene rings is 2. The fraction of sp³-hybridized carbons (Fsp3) is 0.0667. The van der Waals surface area contributed by atoms with E-state index >= 15 is 0 Å². The highest BCUT2D eigenvalue weighted by Gasteiger charge is 2.30. The lowest BCUT2D eigenvalue weighted by molar-refractivity contribution is -0.393. The molecular formula is C15H12N4O5. The quantitative estimate of drug-likeness (QED) is 0.653. The number of non-ortho nitro benzene ring substituents is 1. The SMILES string of the molecule is O=[N+]([O-])c1ccc(N2C=Cc3ccccc3C2NO)c([N+](=O)[O-])c1. The molecule has 2 aromatic carbocycles. The van der Waals surface area contributed by atoms with E-state index in [0.717, 1.165) is 17.2 Å². The van der Waals surface area contributed by atoms with Crippen molar-refractivity contribution in [1.82, 2.24) is 5.48 Å². The van der Waals surface area contributed by atoms with Crippen LogP contribution in [-0.4, -0.2) is 15.1 Å². The van der Waals surface area contributed by atoms with Crippen LogP contribution in [0.4, 0.5) is 17.1 Å². The van der Waals surface area contributed by atoms with Crippen molar-refractivity contribution in [2.24, 2.45) is 0 Å². The minimum atomic E-state index is -0.758. The summed E-state index contributed by atoms with van der Waals surface area (Å²) in [5.74, 6) is 0. The van der Waals surface area contributed by atoms with Crippen molar-refractivity contribution in [3.05, 3.63) is 80.0 Å². The van der Waals surface area contributed by atoms with Gasteiger partial charge in [-0.25, -0.2) is 0 Å². The van der Waals surface area contributed by atoms with E-state index in [9.17, 15) is 25.4 Å². The van der Waals surface area contributed by atoms with Crippen LogP contribution in [0.15, 0.2) is 48.7 Å². The van der Waals surface area contributed by atoms with Crippen molar-refractivity contribution in [3.63, 3.8) is 0 Å². The summed E-state index contributed by atoms with van der Waals surface area (Å²) in [5.41, 5.74) is 3.03. The Kier molecular flexibility index (Phi) is 3.94. The number of rotatable bonds is 4. The molecule has 1 unspecified atom stereocenters. The highest BCUT2D eigenvalue weighted by Crippen LogP contribution is 2.38. The number of hydroxylamine groups is 1. The van der Waals surface area contributed by atoms with Crippen LogP contribution in [0.1, 0.15) is 17.3 Å². The van der Waals surface area contributed by atoms with Crippen LogP contribution in [0.25, 0.3) is 6.08 Å². The van der Waals surface area contributed by atoms with Crippen molar-refractivity contribution in [2.75, 3.05) is 4.90 Å². The molecule has 9 nitrogen and oxygen atoms in total. The maximum atomic E-state index is 11.3. The van der Waals surface area contributed by atoms with E-state index in [-0.39, 0.29) is 11.4 Å². The first-order valence-electron chi connectivity index (χ1n) is 6.91. The van der Waals surface area contributed by atoms with Gasteiger partial charge in [-0.2, -0.15) is 5.48 Å². The molecule has 0 aliphatic carbocycles. The first-order chi connectivity index (χ1) is 11.5. The Bertz CT molecular complexity index is 852. The number of hydrogen-bond acceptors (Lipinski definition) is 7. The van der Waals surface area contributed by atoms with E-state index in [4.69, 9.17) is 0 Å². The van der Waals surface area contributed by atoms with Crippen molar-refractivity contribution in [1.29, 1.82) is 0 Å². The van der Waals surface area contributed by atoms with Crippen molar-refractivity contribution >= 4 is 23.1 Å². The minimum absolute atomic E-state index is 0.128. The van der Waals surface area contributed by atoms with Gasteiger partial charge in [-0.3, -0.25) is 20.2 Å². The fourth-order valence-electron chi connectivity index (χ4n) is 2.65. The monoisotopic (exact) mass is 328 g/mol. The van der Waals surface area contributed by atoms with Crippen LogP contribution in [0.5, 0.6) is 0 Å². The summed E-state index contributed by atoms with van der Waals surface area (Å²) < 4.78 is 0. The number of fused-ring (bicyclic) bond motifs is 1. The molecule has 1 atom stereocenters. The number of nitro benzene ring substituents is 2. The van der Waals surface area contributed by atoms with Crippen LogP contribution < -0.4 is 10.4 Å². The Balaban J connectivity index is 2.12. The van der Waals surface area contributed by atoms with Gasteiger partial charge in [-0.1, -0.05) is 24.3 Å². The van der Waals surface area contributed by atoms with Crippen molar-refractivity contribution in [3.8, 4) is 0 Å². The molecular weight excluding hydrogens is 316 g/mol. The second-order valence-electron chi connectivity index (χ2n) is 5.07. The average molecular weight is 328 g/mol. The number of nitrogens with zero attached hydrogens (tertiary/aromatic N) is 3. The molecule has 1 heterocycles. The van der Waals surface area contributed by atoms with Gasteiger partial charge in [0.15, 0.2) is 0 Å². The molecule has 1 aliphatic heterocycles. The molecule has 0 spiro atoms. The van der Waals surface area contributed by atoms with E-state index in [1.807, 2.05) is 12.1 Å². The Morgan fingerprint density at radius 2 is 1.83 bits per heavy atom. The summed E-state index contributed by atoms with van der Waals surface area (Å²) in [5, 5.41) is 31.7. The standard InChI is InChI=1S/C15H12N4O5/c20-16-15-12-4-2-1-3-10(12)7-8-17(15)13-6-5-11(18(21)22)9-14(13)19(23)24/h1-9,15-16,20H. The van der Waals surface area contributed by atoms with Gasteiger partial charge in [-0.15, -0.1) is 0 Å². The highest BCUT2D eigenvalue weighted by molar-refractivity contribution is 5.73. The summed E-state index contributed by atoms with van der Waals surface area (Å²) in [6.07, 6.45) is 2.56. The molecule has 0 fully saturated rings. The van der Waals surface area contributed by atoms with Crippen LogP contribution >= 0.6 is 0 Å². The molecule has 0 saturated carbocycles. The molecule has 0 bridgehead atoms. The van der Waals surface area contributed by atoms with Crippen LogP contribution in [-0.2, 0) is 0 Å². The molecule has 0 radical (unpaired) electrons. The lowest BCUT2D eigenvalue weighted by atomic mass is 10.0. The van der Waals surface area contributed by atoms with E-state index in [0.29, 0.717) is 0 Å². The molecule has 1 aliphatic rings. The molecule has 2 N–H and O–H groups in total. The van der Waals surface area contributed by atoms with Gasteiger partial charge >= 0.3 is 0 Å². The summed E-state index contributed by atoms with van der Waals surface area (Å²) in [6, 6.07) is 10.6. The topological polar surface area (TPSA) is 122 Å². The normalized spacial score (nSPS) is 15.9. The number of anilines is 1. The maximum absolute atomic E-state index is 11.3. The zero-order chi connectivity index (χ0) is 17.3. The first kappa shape index (κ1) is 15.6. The summed E-state index contributed by atoms with van der Waals surface area (Å²) in [4.78, 5) is 22.2. The second-order valence-corrected chi connectivity index (χ2v) is 5.07. The van der Waals surface area contributed by atoms with Gasteiger partial charge in [0.2, 0.25) is 0 Å². The van der Waals surface area contributed by atoms with Gasteiger partial charge in [0.1, 0.15) is 11.9 Å². The zero-order valence-corrected chi connectivity index (χ0v) is 12.2. The Morgan fingerprint density at radius 3 is 2.50 bits per heavy atom. The number of nitrogens with one attached hydrogen (secondary N) is 1. The third kappa shape index (κ3) is 2.57. The minimum Gasteiger partial charge on any atom is -0.320 e. The van der Waals surface area contributed by atoms with Gasteiger partial charge in [0.05, 0.1) is 15.9 Å². The predicted molar refractivity (Wildman–Crippen MR) is 85.4 cm³/mol.